The zero-order chi connectivity index (χ0) is 12.5. The predicted molar refractivity (Wildman–Crippen MR) is 68.0 cm³/mol. The maximum absolute atomic E-state index is 14.2. The van der Waals surface area contributed by atoms with Gasteiger partial charge in [0.05, 0.1) is 0 Å². The van der Waals surface area contributed by atoms with Crippen LogP contribution in [0.4, 0.5) is 4.39 Å². The summed E-state index contributed by atoms with van der Waals surface area (Å²) < 4.78 is 14.2. The topological polar surface area (TPSA) is 24.9 Å². The Bertz CT molecular complexity index is 384. The van der Waals surface area contributed by atoms with Crippen LogP contribution in [0.3, 0.4) is 0 Å². The minimum atomic E-state index is -0.842. The number of aryl methyl sites for hydroxylation is 1. The van der Waals surface area contributed by atoms with E-state index in [1.54, 1.807) is 6.20 Å². The van der Waals surface area contributed by atoms with Crippen molar-refractivity contribution >= 4 is 0 Å². The molecular weight excluding hydrogens is 215 g/mol. The standard InChI is InChI=1S/C14H21FN2/c1-14(2,3)17-9-12(15)11-7-6-10-5-4-8-16-13(10)11/h4-5,8,11-12,17H,6-7,9H2,1-3H3. The smallest absolute Gasteiger partial charge is 0.121 e. The number of hydrogen-bond acceptors (Lipinski definition) is 2. The molecule has 0 amide bonds. The van der Waals surface area contributed by atoms with Crippen molar-refractivity contribution in [2.24, 2.45) is 0 Å². The zero-order valence-corrected chi connectivity index (χ0v) is 10.8. The number of nitrogens with one attached hydrogen (secondary N) is 1. The third-order valence-electron chi connectivity index (χ3n) is 3.27. The van der Waals surface area contributed by atoms with Crippen LogP contribution in [0.5, 0.6) is 0 Å². The molecule has 0 bridgehead atoms. The number of hydrogen-bond donors (Lipinski definition) is 1. The summed E-state index contributed by atoms with van der Waals surface area (Å²) in [6, 6.07) is 3.99. The molecule has 1 aliphatic carbocycles. The molecule has 0 fully saturated rings. The van der Waals surface area contributed by atoms with Crippen molar-refractivity contribution in [2.75, 3.05) is 6.54 Å². The van der Waals surface area contributed by atoms with Gasteiger partial charge in [-0.25, -0.2) is 4.39 Å². The van der Waals surface area contributed by atoms with E-state index in [1.165, 1.54) is 5.56 Å². The third kappa shape index (κ3) is 3.03. The summed E-state index contributed by atoms with van der Waals surface area (Å²) in [6.45, 7) is 6.58. The van der Waals surface area contributed by atoms with Gasteiger partial charge in [0.2, 0.25) is 0 Å². The van der Waals surface area contributed by atoms with Gasteiger partial charge in [-0.15, -0.1) is 0 Å². The van der Waals surface area contributed by atoms with Crippen molar-refractivity contribution in [3.8, 4) is 0 Å². The summed E-state index contributed by atoms with van der Waals surface area (Å²) in [5, 5.41) is 3.23. The van der Waals surface area contributed by atoms with E-state index in [2.05, 4.69) is 37.1 Å². The van der Waals surface area contributed by atoms with Gasteiger partial charge in [-0.1, -0.05) is 6.07 Å². The largest absolute Gasteiger partial charge is 0.309 e. The summed E-state index contributed by atoms with van der Waals surface area (Å²) >= 11 is 0. The van der Waals surface area contributed by atoms with Crippen LogP contribution in [-0.2, 0) is 6.42 Å². The van der Waals surface area contributed by atoms with Crippen LogP contribution >= 0.6 is 0 Å². The first-order valence-corrected chi connectivity index (χ1v) is 6.30. The highest BCUT2D eigenvalue weighted by molar-refractivity contribution is 5.29. The van der Waals surface area contributed by atoms with Crippen molar-refractivity contribution in [1.29, 1.82) is 0 Å². The highest BCUT2D eigenvalue weighted by atomic mass is 19.1. The third-order valence-corrected chi connectivity index (χ3v) is 3.27. The fourth-order valence-corrected chi connectivity index (χ4v) is 2.34. The normalized spacial score (nSPS) is 21.3. The molecule has 1 heterocycles. The summed E-state index contributed by atoms with van der Waals surface area (Å²) in [4.78, 5) is 4.34. The van der Waals surface area contributed by atoms with Crippen molar-refractivity contribution in [3.63, 3.8) is 0 Å². The molecule has 0 saturated heterocycles. The van der Waals surface area contributed by atoms with E-state index in [0.29, 0.717) is 6.54 Å². The Hall–Kier alpha value is -0.960. The molecule has 1 aromatic heterocycles. The second-order valence-corrected chi connectivity index (χ2v) is 5.84. The van der Waals surface area contributed by atoms with E-state index in [4.69, 9.17) is 0 Å². The van der Waals surface area contributed by atoms with Crippen molar-refractivity contribution in [1.82, 2.24) is 10.3 Å². The number of fused-ring (bicyclic) bond motifs is 1. The maximum Gasteiger partial charge on any atom is 0.121 e. The number of aromatic nitrogens is 1. The first-order chi connectivity index (χ1) is 7.97. The van der Waals surface area contributed by atoms with Gasteiger partial charge in [-0.3, -0.25) is 4.98 Å². The van der Waals surface area contributed by atoms with Crippen LogP contribution in [0.15, 0.2) is 18.3 Å². The number of nitrogens with zero attached hydrogens (tertiary/aromatic N) is 1. The van der Waals surface area contributed by atoms with Gasteiger partial charge in [0, 0.05) is 29.9 Å². The quantitative estimate of drug-likeness (QED) is 0.873. The van der Waals surface area contributed by atoms with Gasteiger partial charge in [0.25, 0.3) is 0 Å². The van der Waals surface area contributed by atoms with Gasteiger partial charge in [-0.2, -0.15) is 0 Å². The average Bonchev–Trinajstić information content (AvgIpc) is 2.68. The fraction of sp³-hybridized carbons (Fsp3) is 0.643. The second-order valence-electron chi connectivity index (χ2n) is 5.84. The Morgan fingerprint density at radius 3 is 3.00 bits per heavy atom. The molecule has 2 atom stereocenters. The van der Waals surface area contributed by atoms with Gasteiger partial charge < -0.3 is 5.32 Å². The lowest BCUT2D eigenvalue weighted by molar-refractivity contribution is 0.244. The molecule has 0 aliphatic heterocycles. The van der Waals surface area contributed by atoms with E-state index < -0.39 is 6.17 Å². The van der Waals surface area contributed by atoms with Crippen molar-refractivity contribution in [3.05, 3.63) is 29.6 Å². The van der Waals surface area contributed by atoms with Crippen LogP contribution in [0.1, 0.15) is 44.4 Å². The molecule has 17 heavy (non-hydrogen) atoms. The Balaban J connectivity index is 2.00. The monoisotopic (exact) mass is 236 g/mol. The van der Waals surface area contributed by atoms with Gasteiger partial charge in [0.1, 0.15) is 6.17 Å². The molecule has 94 valence electrons. The van der Waals surface area contributed by atoms with Crippen LogP contribution in [-0.4, -0.2) is 23.2 Å². The van der Waals surface area contributed by atoms with Crippen LogP contribution in [0.25, 0.3) is 0 Å². The highest BCUT2D eigenvalue weighted by Crippen LogP contribution is 2.34. The van der Waals surface area contributed by atoms with E-state index in [1.807, 2.05) is 6.07 Å². The summed E-state index contributed by atoms with van der Waals surface area (Å²) in [6.07, 6.45) is 2.77. The van der Waals surface area contributed by atoms with Gasteiger partial charge >= 0.3 is 0 Å². The first kappa shape index (κ1) is 12.5. The number of alkyl halides is 1. The minimum absolute atomic E-state index is 0.0268. The predicted octanol–water partition coefficient (Wildman–Crippen LogP) is 2.84. The molecule has 2 nitrogen and oxygen atoms in total. The second kappa shape index (κ2) is 4.73. The summed E-state index contributed by atoms with van der Waals surface area (Å²) in [7, 11) is 0. The Morgan fingerprint density at radius 2 is 2.29 bits per heavy atom. The van der Waals surface area contributed by atoms with Gasteiger partial charge in [-0.05, 0) is 45.2 Å². The molecule has 2 unspecified atom stereocenters. The van der Waals surface area contributed by atoms with E-state index in [-0.39, 0.29) is 11.5 Å². The zero-order valence-electron chi connectivity index (χ0n) is 10.8. The lowest BCUT2D eigenvalue weighted by atomic mass is 9.99. The molecule has 0 saturated carbocycles. The van der Waals surface area contributed by atoms with Crippen molar-refractivity contribution in [2.45, 2.75) is 51.2 Å². The average molecular weight is 236 g/mol. The van der Waals surface area contributed by atoms with E-state index >= 15 is 0 Å². The lowest BCUT2D eigenvalue weighted by Crippen LogP contribution is -2.41. The minimum Gasteiger partial charge on any atom is -0.309 e. The molecule has 0 radical (unpaired) electrons. The van der Waals surface area contributed by atoms with Crippen LogP contribution < -0.4 is 5.32 Å². The van der Waals surface area contributed by atoms with Crippen LogP contribution in [0.2, 0.25) is 0 Å². The van der Waals surface area contributed by atoms with Crippen molar-refractivity contribution < 1.29 is 4.39 Å². The van der Waals surface area contributed by atoms with Gasteiger partial charge in [0.15, 0.2) is 0 Å². The summed E-state index contributed by atoms with van der Waals surface area (Å²) in [5.41, 5.74) is 2.15. The summed E-state index contributed by atoms with van der Waals surface area (Å²) in [5.74, 6) is -0.0268. The lowest BCUT2D eigenvalue weighted by Gasteiger charge is -2.24. The molecule has 1 aliphatic rings. The molecule has 3 heteroatoms. The van der Waals surface area contributed by atoms with Crippen LogP contribution in [0, 0.1) is 0 Å². The number of pyridine rings is 1. The number of rotatable bonds is 3. The SMILES string of the molecule is CC(C)(C)NCC(F)C1CCc2cccnc21. The fourth-order valence-electron chi connectivity index (χ4n) is 2.34. The molecular formula is C14H21FN2. The van der Waals surface area contributed by atoms with E-state index in [9.17, 15) is 4.39 Å². The van der Waals surface area contributed by atoms with E-state index in [0.717, 1.165) is 18.5 Å². The molecule has 0 aromatic carbocycles. The highest BCUT2D eigenvalue weighted by Gasteiger charge is 2.31. The Labute approximate surface area is 103 Å². The first-order valence-electron chi connectivity index (χ1n) is 6.30. The molecule has 0 spiro atoms. The molecule has 1 N–H and O–H groups in total. The Morgan fingerprint density at radius 1 is 1.53 bits per heavy atom. The Kier molecular flexibility index (Phi) is 3.48. The number of halogens is 1. The molecule has 1 aromatic rings. The maximum atomic E-state index is 14.2. The molecule has 2 rings (SSSR count).